The molecule has 0 saturated heterocycles. The van der Waals surface area contributed by atoms with Crippen molar-refractivity contribution in [2.45, 2.75) is 13.8 Å². The van der Waals surface area contributed by atoms with E-state index in [0.717, 1.165) is 28.0 Å². The number of aromatic carboxylic acids is 1. The van der Waals surface area contributed by atoms with E-state index in [2.05, 4.69) is 21.0 Å². The third kappa shape index (κ3) is 5.28. The van der Waals surface area contributed by atoms with Gasteiger partial charge < -0.3 is 10.1 Å². The molecule has 5 nitrogen and oxygen atoms in total. The van der Waals surface area contributed by atoms with Crippen molar-refractivity contribution < 1.29 is 34.4 Å². The molecule has 0 aliphatic rings. The minimum atomic E-state index is -0.990. The van der Waals surface area contributed by atoms with Crippen LogP contribution < -0.4 is 0 Å². The van der Waals surface area contributed by atoms with Crippen molar-refractivity contribution in [2.24, 2.45) is 0 Å². The fraction of sp³-hybridized carbons (Fsp3) is 0.0909. The van der Waals surface area contributed by atoms with Gasteiger partial charge in [0.15, 0.2) is 0 Å². The summed E-state index contributed by atoms with van der Waals surface area (Å²) in [7, 11) is 0. The quantitative estimate of drug-likeness (QED) is 0.358. The molecule has 1 radical (unpaired) electrons. The predicted octanol–water partition coefficient (Wildman–Crippen LogP) is 4.63. The number of carbonyl (C=O) groups is 1. The topological polar surface area (TPSA) is 76.0 Å². The number of fused-ring (bicyclic) bond motifs is 1. The number of nitrogens with zero attached hydrogens (tertiary/aromatic N) is 3. The minimum Gasteiger partial charge on any atom is -0.477 e. The average Bonchev–Trinajstić information content (AvgIpc) is 2.70. The normalized spacial score (nSPS) is 9.90. The fourth-order valence-corrected chi connectivity index (χ4v) is 2.73. The SMILES string of the molecule is Cc1cnc(-c2[c-]cc(F)c3ccccc23)c(C)n1.O=C(O)c1ccccn1.[Ir]. The Morgan fingerprint density at radius 1 is 1.03 bits per heavy atom. The van der Waals surface area contributed by atoms with Crippen LogP contribution in [0.5, 0.6) is 0 Å². The molecule has 29 heavy (non-hydrogen) atoms. The van der Waals surface area contributed by atoms with Crippen LogP contribution in [0.15, 0.2) is 60.9 Å². The van der Waals surface area contributed by atoms with Crippen molar-refractivity contribution in [1.82, 2.24) is 15.0 Å². The zero-order valence-corrected chi connectivity index (χ0v) is 18.1. The van der Waals surface area contributed by atoms with E-state index in [4.69, 9.17) is 5.11 Å². The maximum atomic E-state index is 13.8. The first-order chi connectivity index (χ1) is 13.5. The standard InChI is InChI=1S/C16H12FN2.C6H5NO2.Ir/c1-10-9-18-16(11(2)19-10)14-7-8-15(17)13-6-4-3-5-12(13)14;8-6(9)5-3-1-2-4-7-5;/h3-6,8-9H,1-2H3;1-4H,(H,8,9);/q-1;;. The van der Waals surface area contributed by atoms with Gasteiger partial charge in [-0.1, -0.05) is 41.1 Å². The van der Waals surface area contributed by atoms with Gasteiger partial charge in [0.1, 0.15) is 5.69 Å². The van der Waals surface area contributed by atoms with Crippen LogP contribution in [0.1, 0.15) is 21.9 Å². The first kappa shape index (κ1) is 22.3. The zero-order valence-electron chi connectivity index (χ0n) is 15.7. The van der Waals surface area contributed by atoms with E-state index in [9.17, 15) is 9.18 Å². The number of aromatic nitrogens is 3. The van der Waals surface area contributed by atoms with Crippen LogP contribution in [-0.4, -0.2) is 26.0 Å². The van der Waals surface area contributed by atoms with Gasteiger partial charge in [0.05, 0.1) is 5.69 Å². The predicted molar refractivity (Wildman–Crippen MR) is 104 cm³/mol. The van der Waals surface area contributed by atoms with Crippen molar-refractivity contribution in [2.75, 3.05) is 0 Å². The van der Waals surface area contributed by atoms with Crippen LogP contribution in [0.3, 0.4) is 0 Å². The molecule has 7 heteroatoms. The molecule has 2 heterocycles. The molecule has 0 saturated carbocycles. The molecule has 2 aromatic heterocycles. The summed E-state index contributed by atoms with van der Waals surface area (Å²) in [5, 5.41) is 9.71. The molecule has 4 aromatic rings. The number of rotatable bonds is 2. The third-order valence-electron chi connectivity index (χ3n) is 3.98. The molecule has 0 unspecified atom stereocenters. The van der Waals surface area contributed by atoms with Crippen molar-refractivity contribution in [1.29, 1.82) is 0 Å². The van der Waals surface area contributed by atoms with Gasteiger partial charge >= 0.3 is 5.97 Å². The Balaban J connectivity index is 0.000000255. The van der Waals surface area contributed by atoms with Gasteiger partial charge in [0.25, 0.3) is 0 Å². The molecule has 0 bridgehead atoms. The number of halogens is 1. The van der Waals surface area contributed by atoms with Crippen LogP contribution in [0, 0.1) is 25.7 Å². The molecule has 149 valence electrons. The second kappa shape index (κ2) is 9.96. The Labute approximate surface area is 181 Å². The van der Waals surface area contributed by atoms with Gasteiger partial charge in [0.2, 0.25) is 0 Å². The van der Waals surface area contributed by atoms with Crippen LogP contribution in [-0.2, 0) is 20.1 Å². The van der Waals surface area contributed by atoms with Crippen LogP contribution in [0.25, 0.3) is 22.0 Å². The number of carboxylic acids is 1. The number of aryl methyl sites for hydroxylation is 2. The second-order valence-electron chi connectivity index (χ2n) is 6.02. The van der Waals surface area contributed by atoms with E-state index in [0.29, 0.717) is 5.39 Å². The number of carboxylic acid groups (broad SMARTS) is 1. The summed E-state index contributed by atoms with van der Waals surface area (Å²) in [5.74, 6) is -1.26. The molecule has 1 N–H and O–H groups in total. The van der Waals surface area contributed by atoms with Crippen molar-refractivity contribution >= 4 is 16.7 Å². The van der Waals surface area contributed by atoms with Crippen molar-refractivity contribution in [3.05, 3.63) is 89.9 Å². The average molecular weight is 567 g/mol. The van der Waals surface area contributed by atoms with Gasteiger partial charge in [-0.2, -0.15) is 0 Å². The Hall–Kier alpha value is -3.02. The number of hydrogen-bond acceptors (Lipinski definition) is 4. The Kier molecular flexibility index (Phi) is 7.65. The van der Waals surface area contributed by atoms with Crippen LogP contribution in [0.4, 0.5) is 4.39 Å². The fourth-order valence-electron chi connectivity index (χ4n) is 2.73. The number of benzene rings is 2. The van der Waals surface area contributed by atoms with E-state index < -0.39 is 5.97 Å². The van der Waals surface area contributed by atoms with Crippen molar-refractivity contribution in [3.63, 3.8) is 0 Å². The van der Waals surface area contributed by atoms with Gasteiger partial charge in [-0.3, -0.25) is 9.37 Å². The maximum absolute atomic E-state index is 13.8. The smallest absolute Gasteiger partial charge is 0.354 e. The van der Waals surface area contributed by atoms with Gasteiger partial charge in [0, 0.05) is 49.7 Å². The molecule has 0 aliphatic carbocycles. The summed E-state index contributed by atoms with van der Waals surface area (Å²) in [6.07, 6.45) is 3.16. The third-order valence-corrected chi connectivity index (χ3v) is 3.98. The van der Waals surface area contributed by atoms with Crippen molar-refractivity contribution in [3.8, 4) is 11.3 Å². The van der Waals surface area contributed by atoms with E-state index in [1.807, 2.05) is 32.0 Å². The summed E-state index contributed by atoms with van der Waals surface area (Å²) in [4.78, 5) is 22.5. The molecule has 4 rings (SSSR count). The Bertz CT molecular complexity index is 1140. The van der Waals surface area contributed by atoms with Crippen LogP contribution >= 0.6 is 0 Å². The first-order valence-electron chi connectivity index (χ1n) is 8.51. The van der Waals surface area contributed by atoms with E-state index in [1.165, 1.54) is 18.3 Å². The zero-order chi connectivity index (χ0) is 20.1. The maximum Gasteiger partial charge on any atom is 0.354 e. The molecule has 0 atom stereocenters. The second-order valence-corrected chi connectivity index (χ2v) is 6.02. The van der Waals surface area contributed by atoms with E-state index in [1.54, 1.807) is 24.4 Å². The Morgan fingerprint density at radius 2 is 1.72 bits per heavy atom. The number of pyridine rings is 1. The first-order valence-corrected chi connectivity index (χ1v) is 8.51. The molecule has 0 spiro atoms. The van der Waals surface area contributed by atoms with Crippen LogP contribution in [0.2, 0.25) is 0 Å². The molecule has 2 aromatic carbocycles. The molecular formula is C22H17FIrN3O2-. The van der Waals surface area contributed by atoms with Gasteiger partial charge in [-0.15, -0.1) is 17.7 Å². The van der Waals surface area contributed by atoms with Gasteiger partial charge in [-0.05, 0) is 26.0 Å². The Morgan fingerprint density at radius 3 is 2.31 bits per heavy atom. The summed E-state index contributed by atoms with van der Waals surface area (Å²) >= 11 is 0. The molecule has 0 aliphatic heterocycles. The van der Waals surface area contributed by atoms with Gasteiger partial charge in [-0.25, -0.2) is 9.78 Å². The number of hydrogen-bond donors (Lipinski definition) is 1. The molecule has 0 amide bonds. The summed E-state index contributed by atoms with van der Waals surface area (Å²) in [6.45, 7) is 3.80. The summed E-state index contributed by atoms with van der Waals surface area (Å²) < 4.78 is 13.8. The van der Waals surface area contributed by atoms with E-state index >= 15 is 0 Å². The monoisotopic (exact) mass is 567 g/mol. The summed E-state index contributed by atoms with van der Waals surface area (Å²) in [6, 6.07) is 16.4. The largest absolute Gasteiger partial charge is 0.477 e. The molecule has 0 fully saturated rings. The van der Waals surface area contributed by atoms with E-state index in [-0.39, 0.29) is 31.6 Å². The minimum absolute atomic E-state index is 0. The molecular weight excluding hydrogens is 549 g/mol. The summed E-state index contributed by atoms with van der Waals surface area (Å²) in [5.41, 5.74) is 3.32.